The van der Waals surface area contributed by atoms with Crippen LogP contribution >= 0.6 is 15.9 Å². The van der Waals surface area contributed by atoms with E-state index in [1.165, 1.54) is 28.9 Å². The molecule has 0 saturated carbocycles. The number of benzene rings is 1. The predicted molar refractivity (Wildman–Crippen MR) is 96.4 cm³/mol. The molecule has 0 radical (unpaired) electrons. The monoisotopic (exact) mass is 426 g/mol. The van der Waals surface area contributed by atoms with Crippen LogP contribution in [0.5, 0.6) is 0 Å². The molecule has 2 aromatic rings. The van der Waals surface area contributed by atoms with Crippen LogP contribution in [0.3, 0.4) is 0 Å². The largest absolute Gasteiger partial charge is 0.394 e. The van der Waals surface area contributed by atoms with Gasteiger partial charge >= 0.3 is 0 Å². The summed E-state index contributed by atoms with van der Waals surface area (Å²) < 4.78 is 2.24. The van der Waals surface area contributed by atoms with Gasteiger partial charge in [0.1, 0.15) is 12.1 Å². The minimum atomic E-state index is -1.22. The van der Waals surface area contributed by atoms with Gasteiger partial charge in [-0.2, -0.15) is 5.10 Å². The summed E-state index contributed by atoms with van der Waals surface area (Å²) in [6.07, 6.45) is 0.448. The van der Waals surface area contributed by atoms with Crippen LogP contribution in [0.15, 0.2) is 34.9 Å². The Hall–Kier alpha value is -2.30. The van der Waals surface area contributed by atoms with Crippen LogP contribution in [0.25, 0.3) is 0 Å². The van der Waals surface area contributed by atoms with E-state index in [1.54, 1.807) is 20.0 Å². The van der Waals surface area contributed by atoms with Crippen LogP contribution in [0, 0.1) is 17.0 Å². The number of rotatable bonds is 7. The van der Waals surface area contributed by atoms with E-state index in [4.69, 9.17) is 0 Å². The van der Waals surface area contributed by atoms with Gasteiger partial charge in [-0.25, -0.2) is 0 Å². The zero-order valence-electron chi connectivity index (χ0n) is 14.2. The SMILES string of the molecule is Cc1nn(C(C)C(=O)NC(CO)C(O)c2ccc([N+](=O)[O-])cc2)cc1Br. The van der Waals surface area contributed by atoms with E-state index in [2.05, 4.69) is 26.3 Å². The maximum Gasteiger partial charge on any atom is 0.269 e. The lowest BCUT2D eigenvalue weighted by Crippen LogP contribution is -2.44. The molecule has 3 N–H and O–H groups in total. The van der Waals surface area contributed by atoms with Crippen molar-refractivity contribution in [1.29, 1.82) is 0 Å². The molecule has 0 spiro atoms. The smallest absolute Gasteiger partial charge is 0.269 e. The molecule has 3 unspecified atom stereocenters. The van der Waals surface area contributed by atoms with Crippen LogP contribution in [0.2, 0.25) is 0 Å². The van der Waals surface area contributed by atoms with E-state index in [-0.39, 0.29) is 5.69 Å². The number of nitro benzene ring substituents is 1. The van der Waals surface area contributed by atoms with Crippen LogP contribution < -0.4 is 5.32 Å². The van der Waals surface area contributed by atoms with Crippen molar-refractivity contribution >= 4 is 27.5 Å². The number of amides is 1. The average Bonchev–Trinajstić information content (AvgIpc) is 2.97. The molecule has 140 valence electrons. The fourth-order valence-electron chi connectivity index (χ4n) is 2.33. The number of nitrogens with one attached hydrogen (secondary N) is 1. The highest BCUT2D eigenvalue weighted by molar-refractivity contribution is 9.10. The number of halogens is 1. The van der Waals surface area contributed by atoms with Crippen LogP contribution in [-0.2, 0) is 4.79 Å². The van der Waals surface area contributed by atoms with Gasteiger partial charge in [-0.1, -0.05) is 0 Å². The lowest BCUT2D eigenvalue weighted by molar-refractivity contribution is -0.384. The standard InChI is InChI=1S/C16H19BrN4O5/c1-9-13(17)7-20(19-9)10(2)16(24)18-14(8-22)15(23)11-3-5-12(6-4-11)21(25)26/h3-7,10,14-15,22-23H,8H2,1-2H3,(H,18,24). The number of carbonyl (C=O) groups is 1. The van der Waals surface area contributed by atoms with E-state index in [0.29, 0.717) is 5.56 Å². The molecule has 2 rings (SSSR count). The molecule has 1 aromatic carbocycles. The Bertz CT molecular complexity index is 773. The molecule has 0 bridgehead atoms. The topological polar surface area (TPSA) is 131 Å². The molecule has 0 aliphatic heterocycles. The molecule has 1 heterocycles. The number of nitrogens with zero attached hydrogens (tertiary/aromatic N) is 3. The molecule has 26 heavy (non-hydrogen) atoms. The molecule has 0 saturated heterocycles. The van der Waals surface area contributed by atoms with E-state index in [1.807, 2.05) is 0 Å². The van der Waals surface area contributed by atoms with E-state index < -0.39 is 35.6 Å². The Morgan fingerprint density at radius 1 is 1.42 bits per heavy atom. The highest BCUT2D eigenvalue weighted by Crippen LogP contribution is 2.21. The van der Waals surface area contributed by atoms with Crippen molar-refractivity contribution in [1.82, 2.24) is 15.1 Å². The van der Waals surface area contributed by atoms with Gasteiger partial charge in [0.15, 0.2) is 0 Å². The molecular weight excluding hydrogens is 408 g/mol. The number of non-ortho nitro benzene ring substituents is 1. The third kappa shape index (κ3) is 4.45. The van der Waals surface area contributed by atoms with Gasteiger partial charge in [-0.05, 0) is 47.5 Å². The third-order valence-corrected chi connectivity index (χ3v) is 4.76. The lowest BCUT2D eigenvalue weighted by atomic mass is 10.0. The van der Waals surface area contributed by atoms with Gasteiger partial charge in [0.25, 0.3) is 5.69 Å². The second-order valence-corrected chi connectivity index (χ2v) is 6.66. The molecule has 10 heteroatoms. The summed E-state index contributed by atoms with van der Waals surface area (Å²) in [6, 6.07) is 3.65. The molecule has 3 atom stereocenters. The van der Waals surface area contributed by atoms with Crippen LogP contribution in [0.1, 0.15) is 30.3 Å². The second-order valence-electron chi connectivity index (χ2n) is 5.81. The number of nitro groups is 1. The van der Waals surface area contributed by atoms with Crippen molar-refractivity contribution in [2.45, 2.75) is 32.0 Å². The average molecular weight is 427 g/mol. The van der Waals surface area contributed by atoms with Crippen molar-refractivity contribution in [3.8, 4) is 0 Å². The van der Waals surface area contributed by atoms with Gasteiger partial charge in [0.05, 0.1) is 27.7 Å². The highest BCUT2D eigenvalue weighted by atomic mass is 79.9. The minimum Gasteiger partial charge on any atom is -0.394 e. The summed E-state index contributed by atoms with van der Waals surface area (Å²) in [7, 11) is 0. The third-order valence-electron chi connectivity index (χ3n) is 3.98. The molecular formula is C16H19BrN4O5. The Labute approximate surface area is 157 Å². The van der Waals surface area contributed by atoms with Gasteiger partial charge in [-0.15, -0.1) is 0 Å². The first-order chi connectivity index (χ1) is 12.2. The van der Waals surface area contributed by atoms with Gasteiger partial charge in [0, 0.05) is 18.3 Å². The Kier molecular flexibility index (Phi) is 6.46. The number of aryl methyl sites for hydroxylation is 1. The zero-order valence-corrected chi connectivity index (χ0v) is 15.8. The number of aromatic nitrogens is 2. The summed E-state index contributed by atoms with van der Waals surface area (Å²) in [4.78, 5) is 22.6. The second kappa shape index (κ2) is 8.39. The van der Waals surface area contributed by atoms with Crippen LogP contribution in [-0.4, -0.2) is 43.5 Å². The maximum absolute atomic E-state index is 12.4. The number of carbonyl (C=O) groups excluding carboxylic acids is 1. The number of hydrogen-bond acceptors (Lipinski definition) is 6. The Balaban J connectivity index is 2.09. The van der Waals surface area contributed by atoms with Crippen molar-refractivity contribution in [2.24, 2.45) is 0 Å². The fourth-order valence-corrected chi connectivity index (χ4v) is 2.62. The van der Waals surface area contributed by atoms with Crippen molar-refractivity contribution in [3.63, 3.8) is 0 Å². The zero-order chi connectivity index (χ0) is 19.4. The normalized spacial score (nSPS) is 14.5. The summed E-state index contributed by atoms with van der Waals surface area (Å²) >= 11 is 3.32. The quantitative estimate of drug-likeness (QED) is 0.455. The molecule has 0 fully saturated rings. The van der Waals surface area contributed by atoms with Crippen molar-refractivity contribution in [3.05, 3.63) is 56.3 Å². The molecule has 1 aromatic heterocycles. The fraction of sp³-hybridized carbons (Fsp3) is 0.375. The summed E-state index contributed by atoms with van der Waals surface area (Å²) in [6.45, 7) is 2.93. The Morgan fingerprint density at radius 3 is 2.50 bits per heavy atom. The Morgan fingerprint density at radius 2 is 2.04 bits per heavy atom. The van der Waals surface area contributed by atoms with Crippen molar-refractivity contribution in [2.75, 3.05) is 6.61 Å². The van der Waals surface area contributed by atoms with Gasteiger partial charge < -0.3 is 15.5 Å². The first-order valence-corrected chi connectivity index (χ1v) is 8.58. The molecule has 9 nitrogen and oxygen atoms in total. The summed E-state index contributed by atoms with van der Waals surface area (Å²) in [5.74, 6) is -0.431. The lowest BCUT2D eigenvalue weighted by Gasteiger charge is -2.24. The molecule has 1 amide bonds. The highest BCUT2D eigenvalue weighted by Gasteiger charge is 2.26. The van der Waals surface area contributed by atoms with E-state index >= 15 is 0 Å². The number of hydrogen-bond donors (Lipinski definition) is 3. The van der Waals surface area contributed by atoms with Crippen molar-refractivity contribution < 1.29 is 19.9 Å². The van der Waals surface area contributed by atoms with Crippen LogP contribution in [0.4, 0.5) is 5.69 Å². The number of aliphatic hydroxyl groups is 2. The molecule has 0 aliphatic rings. The predicted octanol–water partition coefficient (Wildman–Crippen LogP) is 1.63. The first kappa shape index (κ1) is 20.0. The van der Waals surface area contributed by atoms with Gasteiger partial charge in [0.2, 0.25) is 5.91 Å². The first-order valence-electron chi connectivity index (χ1n) is 7.79. The van der Waals surface area contributed by atoms with Gasteiger partial charge in [-0.3, -0.25) is 19.6 Å². The summed E-state index contributed by atoms with van der Waals surface area (Å²) in [5.41, 5.74) is 0.966. The van der Waals surface area contributed by atoms with E-state index in [9.17, 15) is 25.1 Å². The number of aliphatic hydroxyl groups excluding tert-OH is 2. The van der Waals surface area contributed by atoms with E-state index in [0.717, 1.165) is 10.2 Å². The molecule has 0 aliphatic carbocycles. The minimum absolute atomic E-state index is 0.112. The summed E-state index contributed by atoms with van der Waals surface area (Å²) in [5, 5.41) is 37.4. The maximum atomic E-state index is 12.4.